The third kappa shape index (κ3) is 4.04. The molecule has 0 amide bonds. The molecule has 0 unspecified atom stereocenters. The minimum atomic E-state index is -0.350. The lowest BCUT2D eigenvalue weighted by molar-refractivity contribution is -0.0957. The summed E-state index contributed by atoms with van der Waals surface area (Å²) in [5.41, 5.74) is 0.0344. The van der Waals surface area contributed by atoms with E-state index in [1.165, 1.54) is 0 Å². The van der Waals surface area contributed by atoms with E-state index in [2.05, 4.69) is 36.2 Å². The van der Waals surface area contributed by atoms with Gasteiger partial charge in [0.2, 0.25) is 11.7 Å². The molecule has 1 N–H and O–H groups in total. The molecule has 120 valence electrons. The number of hydrogen-bond donors (Lipinski definition) is 1. The van der Waals surface area contributed by atoms with E-state index in [-0.39, 0.29) is 5.60 Å². The van der Waals surface area contributed by atoms with Crippen LogP contribution in [0.25, 0.3) is 0 Å². The van der Waals surface area contributed by atoms with E-state index in [0.717, 1.165) is 44.5 Å². The molecule has 0 atom stereocenters. The molecule has 5 nitrogen and oxygen atoms in total. The van der Waals surface area contributed by atoms with Crippen LogP contribution in [0.4, 0.5) is 0 Å². The Hall–Kier alpha value is -0.940. The molecule has 1 saturated carbocycles. The van der Waals surface area contributed by atoms with Crippen LogP contribution in [0.2, 0.25) is 0 Å². The fraction of sp³-hybridized carbons (Fsp3) is 0.875. The highest BCUT2D eigenvalue weighted by molar-refractivity contribution is 5.05. The molecule has 0 aromatic carbocycles. The molecule has 1 aromatic rings. The summed E-state index contributed by atoms with van der Waals surface area (Å²) in [5, 5.41) is 7.49. The van der Waals surface area contributed by atoms with Crippen molar-refractivity contribution in [1.82, 2.24) is 15.5 Å². The van der Waals surface area contributed by atoms with Crippen LogP contribution in [0.15, 0.2) is 4.52 Å². The van der Waals surface area contributed by atoms with Gasteiger partial charge in [-0.2, -0.15) is 4.98 Å². The third-order valence-corrected chi connectivity index (χ3v) is 4.41. The van der Waals surface area contributed by atoms with E-state index in [1.54, 1.807) is 0 Å². The zero-order valence-electron chi connectivity index (χ0n) is 13.9. The first-order chi connectivity index (χ1) is 10.0. The number of hydrogen-bond acceptors (Lipinski definition) is 5. The first-order valence-electron chi connectivity index (χ1n) is 8.19. The van der Waals surface area contributed by atoms with Gasteiger partial charge in [0.05, 0.1) is 6.54 Å². The van der Waals surface area contributed by atoms with Crippen LogP contribution in [-0.4, -0.2) is 23.3 Å². The molecule has 0 aliphatic heterocycles. The van der Waals surface area contributed by atoms with Gasteiger partial charge in [-0.05, 0) is 51.0 Å². The highest BCUT2D eigenvalue weighted by Crippen LogP contribution is 2.46. The van der Waals surface area contributed by atoms with Crippen LogP contribution in [0.3, 0.4) is 0 Å². The summed E-state index contributed by atoms with van der Waals surface area (Å²) in [6.07, 6.45) is 5.29. The van der Waals surface area contributed by atoms with Gasteiger partial charge in [0.15, 0.2) is 0 Å². The Morgan fingerprint density at radius 3 is 2.52 bits per heavy atom. The van der Waals surface area contributed by atoms with Gasteiger partial charge >= 0.3 is 0 Å². The normalized spacial score (nSPS) is 20.6. The second kappa shape index (κ2) is 6.88. The van der Waals surface area contributed by atoms with Crippen LogP contribution in [0.1, 0.15) is 71.5 Å². The van der Waals surface area contributed by atoms with Crippen LogP contribution in [-0.2, 0) is 16.9 Å². The molecule has 0 bridgehead atoms. The van der Waals surface area contributed by atoms with Crippen molar-refractivity contribution in [2.45, 2.75) is 71.9 Å². The number of rotatable bonds is 7. The number of aromatic nitrogens is 2. The summed E-state index contributed by atoms with van der Waals surface area (Å²) in [5.74, 6) is 1.38. The van der Waals surface area contributed by atoms with Crippen LogP contribution in [0.5, 0.6) is 0 Å². The predicted molar refractivity (Wildman–Crippen MR) is 81.8 cm³/mol. The summed E-state index contributed by atoms with van der Waals surface area (Å²) in [4.78, 5) is 4.58. The fourth-order valence-corrected chi connectivity index (χ4v) is 2.92. The highest BCUT2D eigenvalue weighted by atomic mass is 16.5. The van der Waals surface area contributed by atoms with Crippen LogP contribution >= 0.6 is 0 Å². The number of nitrogens with one attached hydrogen (secondary N) is 1. The second-order valence-corrected chi connectivity index (χ2v) is 6.78. The largest absolute Gasteiger partial charge is 0.367 e. The highest BCUT2D eigenvalue weighted by Gasteiger charge is 2.43. The van der Waals surface area contributed by atoms with E-state index in [9.17, 15) is 0 Å². The SMILES string of the molecule is CCCNCc1nc(C2(OCC)CCC(C)(C)CC2)no1. The third-order valence-electron chi connectivity index (χ3n) is 4.41. The Morgan fingerprint density at radius 1 is 1.19 bits per heavy atom. The van der Waals surface area contributed by atoms with Crippen molar-refractivity contribution in [3.05, 3.63) is 11.7 Å². The first-order valence-corrected chi connectivity index (χ1v) is 8.19. The predicted octanol–water partition coefficient (Wildman–Crippen LogP) is 3.40. The standard InChI is InChI=1S/C16H29N3O2/c1-5-11-17-12-13-18-14(19-21-13)16(20-6-2)9-7-15(3,4)8-10-16/h17H,5-12H2,1-4H3. The molecule has 1 heterocycles. The smallest absolute Gasteiger partial charge is 0.240 e. The Bertz CT molecular complexity index is 432. The average molecular weight is 295 g/mol. The molecule has 0 radical (unpaired) electrons. The van der Waals surface area contributed by atoms with Crippen molar-refractivity contribution >= 4 is 0 Å². The quantitative estimate of drug-likeness (QED) is 0.781. The molecular formula is C16H29N3O2. The van der Waals surface area contributed by atoms with Crippen molar-refractivity contribution in [1.29, 1.82) is 0 Å². The van der Waals surface area contributed by atoms with Gasteiger partial charge in [0.1, 0.15) is 5.60 Å². The molecule has 1 aliphatic rings. The topological polar surface area (TPSA) is 60.2 Å². The van der Waals surface area contributed by atoms with Gasteiger partial charge in [0, 0.05) is 6.61 Å². The lowest BCUT2D eigenvalue weighted by Crippen LogP contribution is -2.38. The zero-order chi connectivity index (χ0) is 15.3. The van der Waals surface area contributed by atoms with Gasteiger partial charge in [0.25, 0.3) is 0 Å². The number of ether oxygens (including phenoxy) is 1. The molecule has 1 aliphatic carbocycles. The van der Waals surface area contributed by atoms with E-state index in [1.807, 2.05) is 6.92 Å². The van der Waals surface area contributed by atoms with Crippen LogP contribution in [0, 0.1) is 5.41 Å². The molecule has 2 rings (SSSR count). The lowest BCUT2D eigenvalue weighted by Gasteiger charge is -2.41. The van der Waals surface area contributed by atoms with E-state index in [0.29, 0.717) is 24.5 Å². The van der Waals surface area contributed by atoms with Gasteiger partial charge in [-0.15, -0.1) is 0 Å². The Labute approximate surface area is 127 Å². The zero-order valence-corrected chi connectivity index (χ0v) is 13.9. The number of nitrogens with zero attached hydrogens (tertiary/aromatic N) is 2. The molecule has 21 heavy (non-hydrogen) atoms. The summed E-state index contributed by atoms with van der Waals surface area (Å²) in [7, 11) is 0. The van der Waals surface area contributed by atoms with Gasteiger partial charge in [-0.25, -0.2) is 0 Å². The Morgan fingerprint density at radius 2 is 1.90 bits per heavy atom. The van der Waals surface area contributed by atoms with Gasteiger partial charge in [-0.1, -0.05) is 25.9 Å². The summed E-state index contributed by atoms with van der Waals surface area (Å²) < 4.78 is 11.5. The maximum atomic E-state index is 6.08. The molecule has 1 aromatic heterocycles. The summed E-state index contributed by atoms with van der Waals surface area (Å²) in [6, 6.07) is 0. The van der Waals surface area contributed by atoms with Crippen LogP contribution < -0.4 is 5.32 Å². The molecule has 5 heteroatoms. The van der Waals surface area contributed by atoms with E-state index in [4.69, 9.17) is 9.26 Å². The minimum absolute atomic E-state index is 0.350. The average Bonchev–Trinajstić information content (AvgIpc) is 2.91. The minimum Gasteiger partial charge on any atom is -0.367 e. The van der Waals surface area contributed by atoms with Crippen molar-refractivity contribution in [3.8, 4) is 0 Å². The monoisotopic (exact) mass is 295 g/mol. The maximum Gasteiger partial charge on any atom is 0.240 e. The van der Waals surface area contributed by atoms with Gasteiger partial charge < -0.3 is 14.6 Å². The van der Waals surface area contributed by atoms with Gasteiger partial charge in [-0.3, -0.25) is 0 Å². The lowest BCUT2D eigenvalue weighted by atomic mass is 9.70. The maximum absolute atomic E-state index is 6.08. The van der Waals surface area contributed by atoms with Crippen molar-refractivity contribution in [2.75, 3.05) is 13.2 Å². The van der Waals surface area contributed by atoms with E-state index < -0.39 is 0 Å². The molecular weight excluding hydrogens is 266 g/mol. The van der Waals surface area contributed by atoms with Crippen molar-refractivity contribution < 1.29 is 9.26 Å². The second-order valence-electron chi connectivity index (χ2n) is 6.78. The molecule has 0 spiro atoms. The van der Waals surface area contributed by atoms with Crippen molar-refractivity contribution in [3.63, 3.8) is 0 Å². The Balaban J connectivity index is 2.08. The van der Waals surface area contributed by atoms with Crippen molar-refractivity contribution in [2.24, 2.45) is 5.41 Å². The summed E-state index contributed by atoms with van der Waals surface area (Å²) in [6.45, 7) is 11.1. The molecule has 0 saturated heterocycles. The molecule has 1 fully saturated rings. The fourth-order valence-electron chi connectivity index (χ4n) is 2.92. The van der Waals surface area contributed by atoms with E-state index >= 15 is 0 Å². The summed E-state index contributed by atoms with van der Waals surface area (Å²) >= 11 is 0. The first kappa shape index (κ1) is 16.4. The Kier molecular flexibility index (Phi) is 5.38.